The van der Waals surface area contributed by atoms with Gasteiger partial charge >= 0.3 is 11.9 Å². The summed E-state index contributed by atoms with van der Waals surface area (Å²) in [6.07, 6.45) is 0.313. The molecule has 2 N–H and O–H groups in total. The van der Waals surface area contributed by atoms with Crippen molar-refractivity contribution in [1.82, 2.24) is 19.7 Å². The smallest absolute Gasteiger partial charge is 0.338 e. The monoisotopic (exact) mass is 645 g/mol. The highest BCUT2D eigenvalue weighted by molar-refractivity contribution is 6.30. The van der Waals surface area contributed by atoms with E-state index in [1.807, 2.05) is 44.2 Å². The maximum Gasteiger partial charge on any atom is 0.338 e. The minimum atomic E-state index is -1.46. The lowest BCUT2D eigenvalue weighted by Gasteiger charge is -2.45. The molecule has 1 saturated heterocycles. The molecular formula is C33H42ClF2N5O4. The SMILES string of the molecule is Cc1cc(Nc2cc(C(=O)O)c(F)c(C[C@@]3(C(=O)OC(C)(C)C)CCN(Cc4cccc(Cl)c4F)[C@H](C)C3)n2)nn1C(C)(C)C. The second kappa shape index (κ2) is 12.7. The summed E-state index contributed by atoms with van der Waals surface area (Å²) >= 11 is 6.00. The fourth-order valence-corrected chi connectivity index (χ4v) is 6.08. The number of pyridine rings is 1. The Hall–Kier alpha value is -3.57. The fourth-order valence-electron chi connectivity index (χ4n) is 5.89. The predicted octanol–water partition coefficient (Wildman–Crippen LogP) is 7.27. The van der Waals surface area contributed by atoms with Crippen LogP contribution in [-0.2, 0) is 28.0 Å². The molecule has 4 rings (SSSR count). The number of likely N-dealkylation sites (tertiary alicyclic amines) is 1. The zero-order valence-electron chi connectivity index (χ0n) is 27.1. The second-order valence-corrected chi connectivity index (χ2v) is 14.4. The number of rotatable bonds is 8. The molecule has 0 amide bonds. The molecule has 1 aromatic carbocycles. The van der Waals surface area contributed by atoms with Crippen molar-refractivity contribution >= 4 is 35.2 Å². The topological polar surface area (TPSA) is 110 Å². The van der Waals surface area contributed by atoms with Crippen molar-refractivity contribution < 1.29 is 28.2 Å². The number of piperidine rings is 1. The highest BCUT2D eigenvalue weighted by atomic mass is 35.5. The molecule has 3 aromatic rings. The third kappa shape index (κ3) is 7.81. The summed E-state index contributed by atoms with van der Waals surface area (Å²) in [5, 5.41) is 17.5. The van der Waals surface area contributed by atoms with E-state index in [9.17, 15) is 19.1 Å². The number of ether oxygens (including phenoxy) is 1. The summed E-state index contributed by atoms with van der Waals surface area (Å²) in [5.74, 6) is -2.98. The Morgan fingerprint density at radius 1 is 1.13 bits per heavy atom. The number of carbonyl (C=O) groups excluding carboxylic acids is 1. The molecule has 1 fully saturated rings. The van der Waals surface area contributed by atoms with Crippen LogP contribution in [0.5, 0.6) is 0 Å². The van der Waals surface area contributed by atoms with Gasteiger partial charge in [-0.2, -0.15) is 5.10 Å². The van der Waals surface area contributed by atoms with Crippen molar-refractivity contribution in [3.63, 3.8) is 0 Å². The van der Waals surface area contributed by atoms with E-state index in [-0.39, 0.29) is 53.9 Å². The van der Waals surface area contributed by atoms with Crippen LogP contribution >= 0.6 is 11.6 Å². The number of aromatic carboxylic acids is 1. The molecule has 0 aliphatic carbocycles. The number of hydrogen-bond acceptors (Lipinski definition) is 7. The number of carbonyl (C=O) groups is 2. The highest BCUT2D eigenvalue weighted by Gasteiger charge is 2.47. The van der Waals surface area contributed by atoms with E-state index in [0.717, 1.165) is 11.8 Å². The lowest BCUT2D eigenvalue weighted by molar-refractivity contribution is -0.172. The number of aryl methyl sites for hydroxylation is 1. The number of aromatic nitrogens is 3. The van der Waals surface area contributed by atoms with Gasteiger partial charge in [0.05, 0.1) is 21.7 Å². The Kier molecular flexibility index (Phi) is 9.66. The molecule has 2 atom stereocenters. The Balaban J connectivity index is 1.70. The largest absolute Gasteiger partial charge is 0.478 e. The van der Waals surface area contributed by atoms with Gasteiger partial charge < -0.3 is 15.2 Å². The summed E-state index contributed by atoms with van der Waals surface area (Å²) in [6.45, 7) is 15.7. The normalized spacial score (nSPS) is 19.4. The third-order valence-corrected chi connectivity index (χ3v) is 8.26. The van der Waals surface area contributed by atoms with Gasteiger partial charge in [-0.3, -0.25) is 14.4 Å². The van der Waals surface area contributed by atoms with Gasteiger partial charge in [0.15, 0.2) is 11.6 Å². The Bertz CT molecular complexity index is 1600. The van der Waals surface area contributed by atoms with E-state index < -0.39 is 40.2 Å². The summed E-state index contributed by atoms with van der Waals surface area (Å²) in [7, 11) is 0. The van der Waals surface area contributed by atoms with Crippen LogP contribution in [0.4, 0.5) is 20.4 Å². The Labute approximate surface area is 267 Å². The predicted molar refractivity (Wildman–Crippen MR) is 169 cm³/mol. The van der Waals surface area contributed by atoms with Crippen molar-refractivity contribution in [1.29, 1.82) is 0 Å². The first-order valence-corrected chi connectivity index (χ1v) is 15.3. The van der Waals surface area contributed by atoms with Crippen molar-refractivity contribution in [3.05, 3.63) is 69.5 Å². The summed E-state index contributed by atoms with van der Waals surface area (Å²) < 4.78 is 38.2. The van der Waals surface area contributed by atoms with E-state index in [1.165, 1.54) is 6.07 Å². The van der Waals surface area contributed by atoms with Gasteiger partial charge in [-0.05, 0) is 86.9 Å². The Morgan fingerprint density at radius 3 is 2.40 bits per heavy atom. The van der Waals surface area contributed by atoms with Gasteiger partial charge in [-0.15, -0.1) is 0 Å². The van der Waals surface area contributed by atoms with Crippen molar-refractivity contribution in [2.24, 2.45) is 5.41 Å². The standard InChI is InChI=1S/C33H42ClF2N5O4/c1-19-14-26(39-41(19)31(3,4)5)38-25-15-22(29(42)43)28(36)24(37-25)17-33(30(44)45-32(6,7)8)12-13-40(20(2)16-33)18-21-10-9-11-23(34)27(21)35/h9-11,14-15,20H,12-13,16-18H2,1-8H3,(H,42,43)(H,37,38,39)/t20-,33-/m1/s1. The third-order valence-electron chi connectivity index (χ3n) is 7.97. The zero-order valence-corrected chi connectivity index (χ0v) is 27.9. The second-order valence-electron chi connectivity index (χ2n) is 13.9. The molecule has 12 heteroatoms. The number of carboxylic acid groups (broad SMARTS) is 1. The number of anilines is 2. The van der Waals surface area contributed by atoms with Gasteiger partial charge in [0.25, 0.3) is 0 Å². The summed E-state index contributed by atoms with van der Waals surface area (Å²) in [6, 6.07) is 7.51. The molecule has 45 heavy (non-hydrogen) atoms. The first kappa shape index (κ1) is 34.3. The van der Waals surface area contributed by atoms with Gasteiger partial charge in [0.1, 0.15) is 22.8 Å². The molecule has 0 unspecified atom stereocenters. The molecule has 0 saturated carbocycles. The molecule has 9 nitrogen and oxygen atoms in total. The molecule has 1 aliphatic heterocycles. The molecule has 0 bridgehead atoms. The van der Waals surface area contributed by atoms with E-state index in [2.05, 4.69) is 15.4 Å². The van der Waals surface area contributed by atoms with Crippen LogP contribution in [0, 0.1) is 24.0 Å². The first-order valence-electron chi connectivity index (χ1n) is 15.0. The van der Waals surface area contributed by atoms with Crippen molar-refractivity contribution in [3.8, 4) is 0 Å². The number of benzene rings is 1. The maximum atomic E-state index is 15.8. The number of nitrogens with one attached hydrogen (secondary N) is 1. The first-order chi connectivity index (χ1) is 20.8. The van der Waals surface area contributed by atoms with Crippen LogP contribution < -0.4 is 5.32 Å². The van der Waals surface area contributed by atoms with Gasteiger partial charge in [0.2, 0.25) is 0 Å². The number of esters is 1. The molecule has 2 aromatic heterocycles. The summed E-state index contributed by atoms with van der Waals surface area (Å²) in [4.78, 5) is 32.5. The van der Waals surface area contributed by atoms with Crippen LogP contribution in [0.25, 0.3) is 0 Å². The van der Waals surface area contributed by atoms with Gasteiger partial charge in [-0.1, -0.05) is 23.7 Å². The summed E-state index contributed by atoms with van der Waals surface area (Å²) in [5.41, 5.74) is -1.79. The Morgan fingerprint density at radius 2 is 1.82 bits per heavy atom. The quantitative estimate of drug-likeness (QED) is 0.246. The van der Waals surface area contributed by atoms with Crippen LogP contribution in [0.2, 0.25) is 5.02 Å². The van der Waals surface area contributed by atoms with Crippen LogP contribution in [0.1, 0.15) is 88.6 Å². The van der Waals surface area contributed by atoms with Crippen LogP contribution in [0.3, 0.4) is 0 Å². The minimum Gasteiger partial charge on any atom is -0.478 e. The van der Waals surface area contributed by atoms with E-state index in [4.69, 9.17) is 16.3 Å². The van der Waals surface area contributed by atoms with E-state index >= 15 is 4.39 Å². The molecule has 0 spiro atoms. The number of halogens is 3. The minimum absolute atomic E-state index is 0.0323. The van der Waals surface area contributed by atoms with Crippen LogP contribution in [0.15, 0.2) is 30.3 Å². The average molecular weight is 646 g/mol. The lowest BCUT2D eigenvalue weighted by atomic mass is 9.71. The zero-order chi connectivity index (χ0) is 33.5. The fraction of sp³-hybridized carbons (Fsp3) is 0.515. The molecular weight excluding hydrogens is 604 g/mol. The van der Waals surface area contributed by atoms with E-state index in [1.54, 1.807) is 39.0 Å². The number of hydrogen-bond donors (Lipinski definition) is 2. The lowest BCUT2D eigenvalue weighted by Crippen LogP contribution is -2.51. The maximum absolute atomic E-state index is 15.8. The average Bonchev–Trinajstić information content (AvgIpc) is 3.29. The number of carboxylic acids is 1. The van der Waals surface area contributed by atoms with Gasteiger partial charge in [-0.25, -0.2) is 18.6 Å². The number of nitrogens with zero attached hydrogens (tertiary/aromatic N) is 4. The molecule has 3 heterocycles. The van der Waals surface area contributed by atoms with Crippen molar-refractivity contribution in [2.75, 3.05) is 11.9 Å². The van der Waals surface area contributed by atoms with E-state index in [0.29, 0.717) is 17.9 Å². The van der Waals surface area contributed by atoms with Gasteiger partial charge in [0, 0.05) is 36.3 Å². The molecule has 244 valence electrons. The van der Waals surface area contributed by atoms with Crippen LogP contribution in [-0.4, -0.2) is 54.9 Å². The van der Waals surface area contributed by atoms with Crippen molar-refractivity contribution in [2.45, 2.75) is 98.4 Å². The highest BCUT2D eigenvalue weighted by Crippen LogP contribution is 2.42. The molecule has 0 radical (unpaired) electrons. The molecule has 1 aliphatic rings.